The van der Waals surface area contributed by atoms with Crippen molar-refractivity contribution in [3.8, 4) is 0 Å². The molecular formula is C17H11ClFN. The van der Waals surface area contributed by atoms with Gasteiger partial charge in [0.15, 0.2) is 0 Å². The molecule has 0 fully saturated rings. The first-order chi connectivity index (χ1) is 9.74. The molecule has 0 amide bonds. The fourth-order valence-corrected chi connectivity index (χ4v) is 2.31. The molecule has 0 unspecified atom stereocenters. The Hall–Kier alpha value is -2.19. The summed E-state index contributed by atoms with van der Waals surface area (Å²) in [5, 5.41) is 2.35. The quantitative estimate of drug-likeness (QED) is 0.589. The van der Waals surface area contributed by atoms with Crippen LogP contribution >= 0.6 is 11.6 Å². The molecule has 3 rings (SSSR count). The first kappa shape index (κ1) is 12.8. The summed E-state index contributed by atoms with van der Waals surface area (Å²) < 4.78 is 13.2. The molecule has 0 spiro atoms. The molecule has 0 aliphatic rings. The maximum absolute atomic E-state index is 13.2. The lowest BCUT2D eigenvalue weighted by molar-refractivity contribution is 0.630. The molecule has 2 aromatic carbocycles. The number of pyridine rings is 1. The zero-order valence-corrected chi connectivity index (χ0v) is 11.3. The molecule has 20 heavy (non-hydrogen) atoms. The lowest BCUT2D eigenvalue weighted by Gasteiger charge is -2.02. The summed E-state index contributed by atoms with van der Waals surface area (Å²) >= 11 is 6.02. The van der Waals surface area contributed by atoms with Crippen molar-refractivity contribution in [1.82, 2.24) is 4.98 Å². The van der Waals surface area contributed by atoms with Gasteiger partial charge in [0, 0.05) is 11.8 Å². The molecule has 1 aromatic heterocycles. The molecular weight excluding hydrogens is 273 g/mol. The Bertz CT molecular complexity index is 796. The number of benzene rings is 2. The average Bonchev–Trinajstić information content (AvgIpc) is 2.46. The van der Waals surface area contributed by atoms with Gasteiger partial charge in [-0.05, 0) is 34.5 Å². The Morgan fingerprint density at radius 3 is 2.60 bits per heavy atom. The van der Waals surface area contributed by atoms with Crippen molar-refractivity contribution in [2.75, 3.05) is 0 Å². The third-order valence-electron chi connectivity index (χ3n) is 3.11. The minimum Gasteiger partial charge on any atom is -0.244 e. The second-order valence-corrected chi connectivity index (χ2v) is 4.79. The van der Waals surface area contributed by atoms with Crippen molar-refractivity contribution < 1.29 is 4.39 Å². The third kappa shape index (κ3) is 2.56. The highest BCUT2D eigenvalue weighted by Crippen LogP contribution is 2.22. The topological polar surface area (TPSA) is 12.9 Å². The summed E-state index contributed by atoms with van der Waals surface area (Å²) in [4.78, 5) is 4.03. The summed E-state index contributed by atoms with van der Waals surface area (Å²) in [5.41, 5.74) is 1.87. The molecule has 0 radical (unpaired) electrons. The van der Waals surface area contributed by atoms with Crippen LogP contribution in [0.25, 0.3) is 22.9 Å². The van der Waals surface area contributed by atoms with E-state index in [1.807, 2.05) is 42.5 Å². The SMILES string of the molecule is Fc1ccc2c(/C=C\c3cccnc3Cl)cccc2c1. The van der Waals surface area contributed by atoms with E-state index in [0.29, 0.717) is 5.15 Å². The van der Waals surface area contributed by atoms with Crippen molar-refractivity contribution in [3.63, 3.8) is 0 Å². The molecule has 0 atom stereocenters. The summed E-state index contributed by atoms with van der Waals surface area (Å²) in [6.07, 6.45) is 5.52. The number of hydrogen-bond donors (Lipinski definition) is 0. The Labute approximate surface area is 121 Å². The number of fused-ring (bicyclic) bond motifs is 1. The standard InChI is InChI=1S/C17H11ClFN/c18-17-13(5-2-10-20-17)7-6-12-3-1-4-14-11-15(19)8-9-16(12)14/h1-11H/b7-6-. The highest BCUT2D eigenvalue weighted by molar-refractivity contribution is 6.30. The molecule has 3 heteroatoms. The zero-order chi connectivity index (χ0) is 13.9. The van der Waals surface area contributed by atoms with Gasteiger partial charge in [0.25, 0.3) is 0 Å². The fourth-order valence-electron chi connectivity index (χ4n) is 2.13. The molecule has 98 valence electrons. The molecule has 3 aromatic rings. The molecule has 1 nitrogen and oxygen atoms in total. The van der Waals surface area contributed by atoms with Crippen molar-refractivity contribution in [2.45, 2.75) is 0 Å². The number of rotatable bonds is 2. The summed E-state index contributed by atoms with van der Waals surface area (Å²) in [7, 11) is 0. The smallest absolute Gasteiger partial charge is 0.136 e. The zero-order valence-electron chi connectivity index (χ0n) is 10.6. The van der Waals surface area contributed by atoms with E-state index in [0.717, 1.165) is 21.9 Å². The van der Waals surface area contributed by atoms with E-state index in [9.17, 15) is 4.39 Å². The minimum absolute atomic E-state index is 0.228. The van der Waals surface area contributed by atoms with Gasteiger partial charge in [-0.2, -0.15) is 0 Å². The summed E-state index contributed by atoms with van der Waals surface area (Å²) in [6, 6.07) is 14.3. The van der Waals surface area contributed by atoms with Crippen LogP contribution in [0.15, 0.2) is 54.7 Å². The summed E-state index contributed by atoms with van der Waals surface area (Å²) in [5.74, 6) is -0.228. The van der Waals surface area contributed by atoms with Crippen molar-refractivity contribution in [1.29, 1.82) is 0 Å². The van der Waals surface area contributed by atoms with Crippen LogP contribution in [0.4, 0.5) is 4.39 Å². The van der Waals surface area contributed by atoms with Crippen LogP contribution in [0.5, 0.6) is 0 Å². The lowest BCUT2D eigenvalue weighted by Crippen LogP contribution is -1.81. The van der Waals surface area contributed by atoms with E-state index in [2.05, 4.69) is 4.98 Å². The van der Waals surface area contributed by atoms with Crippen LogP contribution in [0, 0.1) is 5.82 Å². The predicted octanol–water partition coefficient (Wildman–Crippen LogP) is 5.20. The second kappa shape index (κ2) is 5.43. The first-order valence-corrected chi connectivity index (χ1v) is 6.59. The molecule has 0 bridgehead atoms. The van der Waals surface area contributed by atoms with Gasteiger partial charge in [-0.3, -0.25) is 0 Å². The van der Waals surface area contributed by atoms with E-state index in [1.54, 1.807) is 12.3 Å². The second-order valence-electron chi connectivity index (χ2n) is 4.43. The molecule has 0 N–H and O–H groups in total. The lowest BCUT2D eigenvalue weighted by atomic mass is 10.0. The van der Waals surface area contributed by atoms with E-state index in [-0.39, 0.29) is 5.82 Å². The van der Waals surface area contributed by atoms with E-state index in [1.165, 1.54) is 12.1 Å². The minimum atomic E-state index is -0.228. The van der Waals surface area contributed by atoms with Crippen LogP contribution in [-0.4, -0.2) is 4.98 Å². The van der Waals surface area contributed by atoms with Gasteiger partial charge in [-0.15, -0.1) is 0 Å². The predicted molar refractivity (Wildman–Crippen MR) is 82.1 cm³/mol. The summed E-state index contributed by atoms with van der Waals surface area (Å²) in [6.45, 7) is 0. The van der Waals surface area contributed by atoms with E-state index < -0.39 is 0 Å². The van der Waals surface area contributed by atoms with Crippen molar-refractivity contribution >= 4 is 34.5 Å². The van der Waals surface area contributed by atoms with Crippen LogP contribution < -0.4 is 0 Å². The Morgan fingerprint density at radius 2 is 1.75 bits per heavy atom. The average molecular weight is 284 g/mol. The fraction of sp³-hybridized carbons (Fsp3) is 0. The number of nitrogens with zero attached hydrogens (tertiary/aromatic N) is 1. The molecule has 0 saturated heterocycles. The van der Waals surface area contributed by atoms with Crippen LogP contribution in [0.1, 0.15) is 11.1 Å². The Morgan fingerprint density at radius 1 is 0.950 bits per heavy atom. The van der Waals surface area contributed by atoms with E-state index >= 15 is 0 Å². The van der Waals surface area contributed by atoms with Crippen molar-refractivity contribution in [3.05, 3.63) is 76.8 Å². The van der Waals surface area contributed by atoms with Crippen LogP contribution in [-0.2, 0) is 0 Å². The molecule has 0 aliphatic heterocycles. The molecule has 0 saturated carbocycles. The van der Waals surface area contributed by atoms with Gasteiger partial charge in [-0.25, -0.2) is 9.37 Å². The number of halogens is 2. The largest absolute Gasteiger partial charge is 0.244 e. The van der Waals surface area contributed by atoms with Gasteiger partial charge in [0.05, 0.1) is 0 Å². The Kier molecular flexibility index (Phi) is 3.48. The van der Waals surface area contributed by atoms with Crippen molar-refractivity contribution in [2.24, 2.45) is 0 Å². The highest BCUT2D eigenvalue weighted by Gasteiger charge is 2.00. The molecule has 1 heterocycles. The Balaban J connectivity index is 2.05. The number of aromatic nitrogens is 1. The van der Waals surface area contributed by atoms with Gasteiger partial charge in [0.1, 0.15) is 11.0 Å². The monoisotopic (exact) mass is 283 g/mol. The maximum atomic E-state index is 13.2. The van der Waals surface area contributed by atoms with Gasteiger partial charge in [0.2, 0.25) is 0 Å². The third-order valence-corrected chi connectivity index (χ3v) is 3.42. The van der Waals surface area contributed by atoms with E-state index in [4.69, 9.17) is 11.6 Å². The van der Waals surface area contributed by atoms with Gasteiger partial charge < -0.3 is 0 Å². The maximum Gasteiger partial charge on any atom is 0.136 e. The van der Waals surface area contributed by atoms with Gasteiger partial charge in [-0.1, -0.05) is 54.1 Å². The molecule has 0 aliphatic carbocycles. The normalized spacial score (nSPS) is 11.3. The van der Waals surface area contributed by atoms with Gasteiger partial charge >= 0.3 is 0 Å². The number of hydrogen-bond acceptors (Lipinski definition) is 1. The first-order valence-electron chi connectivity index (χ1n) is 6.21. The van der Waals surface area contributed by atoms with Crippen LogP contribution in [0.3, 0.4) is 0 Å². The highest BCUT2D eigenvalue weighted by atomic mass is 35.5. The van der Waals surface area contributed by atoms with Crippen LogP contribution in [0.2, 0.25) is 5.15 Å².